The molecule has 0 radical (unpaired) electrons. The monoisotopic (exact) mass is 238 g/mol. The first-order chi connectivity index (χ1) is 2.45. The molecule has 0 aromatic heterocycles. The van der Waals surface area contributed by atoms with E-state index in [1.54, 1.807) is 0 Å². The molecule has 7 heteroatoms. The molecule has 0 aliphatic carbocycles. The molecule has 7 heavy (non-hydrogen) atoms. The molecular formula is F4MoS2. The van der Waals surface area contributed by atoms with E-state index in [0.29, 0.717) is 0 Å². The molecule has 0 bridgehead atoms. The summed E-state index contributed by atoms with van der Waals surface area (Å²) in [5, 5.41) is 0. The normalized spacial score (nSPS) is 22.9. The third-order valence-corrected chi connectivity index (χ3v) is 0. The fourth-order valence-corrected chi connectivity index (χ4v) is 0. The Kier molecular flexibility index (Phi) is 1.05. The van der Waals surface area contributed by atoms with Gasteiger partial charge in [-0.2, -0.15) is 0 Å². The molecule has 0 rings (SSSR count). The third-order valence-electron chi connectivity index (χ3n) is 0. The van der Waals surface area contributed by atoms with Crippen LogP contribution in [0.25, 0.3) is 0 Å². The number of rotatable bonds is 0. The summed E-state index contributed by atoms with van der Waals surface area (Å²) in [5.74, 6) is 0. The summed E-state index contributed by atoms with van der Waals surface area (Å²) in [6.07, 6.45) is 0. The molecule has 0 aromatic rings. The molecule has 0 nitrogen and oxygen atoms in total. The number of hydrogen-bond acceptors (Lipinski definition) is 2. The van der Waals surface area contributed by atoms with E-state index in [9.17, 15) is 12.6 Å². The molecule has 0 spiro atoms. The van der Waals surface area contributed by atoms with E-state index in [0.717, 1.165) is 0 Å². The van der Waals surface area contributed by atoms with Crippen LogP contribution in [0, 0.1) is 0 Å². The zero-order chi connectivity index (χ0) is 6.41. The van der Waals surface area contributed by atoms with Crippen LogP contribution in [0.1, 0.15) is 0 Å². The van der Waals surface area contributed by atoms with Crippen LogP contribution in [0.15, 0.2) is 0 Å². The average Bonchev–Trinajstić information content (AvgIpc) is 0.592. The third kappa shape index (κ3) is 224. The molecule has 0 atom stereocenters. The molecule has 0 heterocycles. The van der Waals surface area contributed by atoms with Crippen molar-refractivity contribution in [2.24, 2.45) is 0 Å². The Morgan fingerprint density at radius 3 is 0.857 bits per heavy atom. The summed E-state index contributed by atoms with van der Waals surface area (Å²) in [5.41, 5.74) is 0. The van der Waals surface area contributed by atoms with Gasteiger partial charge in [-0.3, -0.25) is 0 Å². The molecule has 0 amide bonds. The zero-order valence-electron chi connectivity index (χ0n) is 2.74. The fraction of sp³-hybridized carbons (Fsp3) is 0. The van der Waals surface area contributed by atoms with Gasteiger partial charge >= 0.3 is 44.3 Å². The molecule has 0 aliphatic heterocycles. The van der Waals surface area contributed by atoms with Crippen molar-refractivity contribution in [3.05, 3.63) is 0 Å². The van der Waals surface area contributed by atoms with Crippen LogP contribution in [0.3, 0.4) is 0 Å². The quantitative estimate of drug-likeness (QED) is 0.468. The second kappa shape index (κ2) is 0.933. The van der Waals surface area contributed by atoms with Crippen molar-refractivity contribution >= 4 is 19.6 Å². The SMILES string of the molecule is [F][Mo]([F])([F])([F])(=[S])=[S]. The van der Waals surface area contributed by atoms with E-state index >= 15 is 0 Å². The van der Waals surface area contributed by atoms with Gasteiger partial charge in [-0.15, -0.1) is 0 Å². The van der Waals surface area contributed by atoms with Crippen molar-refractivity contribution < 1.29 is 24.6 Å². The van der Waals surface area contributed by atoms with Gasteiger partial charge in [0.15, 0.2) is 0 Å². The maximum atomic E-state index is 10.9. The molecule has 0 saturated heterocycles. The van der Waals surface area contributed by atoms with E-state index < -0.39 is 12.0 Å². The van der Waals surface area contributed by atoms with E-state index in [1.165, 1.54) is 0 Å². The fourth-order valence-electron chi connectivity index (χ4n) is 0. The maximum absolute atomic E-state index is 10.9. The summed E-state index contributed by atoms with van der Waals surface area (Å²) < 4.78 is 43.5. The van der Waals surface area contributed by atoms with Crippen LogP contribution in [0.5, 0.6) is 0 Å². The van der Waals surface area contributed by atoms with E-state index in [2.05, 4.69) is 19.6 Å². The molecule has 0 N–H and O–H groups in total. The molecule has 0 aromatic carbocycles. The minimum atomic E-state index is -9.02. The molecule has 0 fully saturated rings. The Morgan fingerprint density at radius 1 is 0.857 bits per heavy atom. The average molecular weight is 236 g/mol. The topological polar surface area (TPSA) is 0 Å². The second-order valence-electron chi connectivity index (χ2n) is 0.922. The first kappa shape index (κ1) is 7.85. The van der Waals surface area contributed by atoms with E-state index in [1.807, 2.05) is 0 Å². The second-order valence-corrected chi connectivity index (χ2v) is 14.6. The minimum absolute atomic E-state index is 2.58. The van der Waals surface area contributed by atoms with Crippen molar-refractivity contribution in [1.29, 1.82) is 0 Å². The Bertz CT molecular complexity index is 189. The van der Waals surface area contributed by atoms with Crippen molar-refractivity contribution in [3.63, 3.8) is 0 Å². The first-order valence-corrected chi connectivity index (χ1v) is 9.57. The van der Waals surface area contributed by atoms with Crippen LogP contribution >= 0.6 is 19.6 Å². The Hall–Kier alpha value is 0.848. The van der Waals surface area contributed by atoms with Gasteiger partial charge in [-0.1, -0.05) is 0 Å². The van der Waals surface area contributed by atoms with E-state index in [-0.39, 0.29) is 0 Å². The molecule has 0 saturated carbocycles. The number of halogens is 4. The Morgan fingerprint density at radius 2 is 0.857 bits per heavy atom. The molecular weight excluding hydrogens is 236 g/mol. The van der Waals surface area contributed by atoms with Gasteiger partial charge in [0.25, 0.3) is 0 Å². The predicted molar refractivity (Wildman–Crippen MR) is 19.6 cm³/mol. The van der Waals surface area contributed by atoms with Crippen molar-refractivity contribution in [2.75, 3.05) is 0 Å². The number of hydrogen-bond donors (Lipinski definition) is 0. The van der Waals surface area contributed by atoms with Crippen LogP contribution in [-0.2, 0) is 12.0 Å². The van der Waals surface area contributed by atoms with Gasteiger partial charge in [0.1, 0.15) is 0 Å². The predicted octanol–water partition coefficient (Wildman–Crippen LogP) is 2.97. The van der Waals surface area contributed by atoms with Gasteiger partial charge in [-0.25, -0.2) is 0 Å². The molecule has 0 unspecified atom stereocenters. The molecule has 46 valence electrons. The van der Waals surface area contributed by atoms with Crippen molar-refractivity contribution in [3.8, 4) is 0 Å². The van der Waals surface area contributed by atoms with Gasteiger partial charge in [0.05, 0.1) is 0 Å². The summed E-state index contributed by atoms with van der Waals surface area (Å²) in [4.78, 5) is 0. The summed E-state index contributed by atoms with van der Waals surface area (Å²) in [7, 11) is 5.15. The van der Waals surface area contributed by atoms with Crippen molar-refractivity contribution in [2.45, 2.75) is 0 Å². The summed E-state index contributed by atoms with van der Waals surface area (Å²) >= 11 is -9.02. The van der Waals surface area contributed by atoms with Crippen LogP contribution in [-0.4, -0.2) is 0 Å². The van der Waals surface area contributed by atoms with Gasteiger partial charge in [0.2, 0.25) is 0 Å². The standard InChI is InChI=1S/4FH.Mo.2S/h4*1H;;;/q;;;;+4;;/p-4. The Labute approximate surface area is 44.5 Å². The van der Waals surface area contributed by atoms with Gasteiger partial charge in [-0.05, 0) is 0 Å². The van der Waals surface area contributed by atoms with Gasteiger partial charge in [0, 0.05) is 0 Å². The zero-order valence-corrected chi connectivity index (χ0v) is 6.38. The van der Waals surface area contributed by atoms with Crippen LogP contribution < -0.4 is 0 Å². The van der Waals surface area contributed by atoms with Crippen LogP contribution in [0.4, 0.5) is 12.6 Å². The van der Waals surface area contributed by atoms with Gasteiger partial charge < -0.3 is 0 Å². The molecule has 0 aliphatic rings. The van der Waals surface area contributed by atoms with Crippen LogP contribution in [0.2, 0.25) is 0 Å². The summed E-state index contributed by atoms with van der Waals surface area (Å²) in [6.45, 7) is 0. The van der Waals surface area contributed by atoms with E-state index in [4.69, 9.17) is 0 Å². The Balaban J connectivity index is 5.35. The van der Waals surface area contributed by atoms with Crippen molar-refractivity contribution in [1.82, 2.24) is 0 Å². The summed E-state index contributed by atoms with van der Waals surface area (Å²) in [6, 6.07) is 0. The first-order valence-electron chi connectivity index (χ1n) is 0.951.